The highest BCUT2D eigenvalue weighted by Crippen LogP contribution is 2.47. The van der Waals surface area contributed by atoms with Gasteiger partial charge < -0.3 is 14.6 Å². The van der Waals surface area contributed by atoms with Gasteiger partial charge in [-0.3, -0.25) is 9.59 Å². The van der Waals surface area contributed by atoms with Crippen LogP contribution in [-0.2, 0) is 23.9 Å². The van der Waals surface area contributed by atoms with Crippen molar-refractivity contribution in [3.63, 3.8) is 0 Å². The van der Waals surface area contributed by atoms with Crippen molar-refractivity contribution in [2.75, 3.05) is 7.11 Å². The van der Waals surface area contributed by atoms with Gasteiger partial charge in [0.25, 0.3) is 0 Å². The number of carbonyl (C=O) groups excluding carboxylic acids is 3. The molecule has 0 saturated heterocycles. The van der Waals surface area contributed by atoms with Gasteiger partial charge in [-0.1, -0.05) is 19.9 Å². The third-order valence-electron chi connectivity index (χ3n) is 4.87. The Hall–Kier alpha value is -2.21. The Balaban J connectivity index is 3.31. The number of esters is 2. The molecule has 0 spiro atoms. The maximum Gasteiger partial charge on any atom is 0.330 e. The van der Waals surface area contributed by atoms with E-state index in [4.69, 9.17) is 4.74 Å². The van der Waals surface area contributed by atoms with Crippen LogP contribution in [0, 0.1) is 5.41 Å². The molecule has 0 bridgehead atoms. The van der Waals surface area contributed by atoms with E-state index in [1.54, 1.807) is 60.6 Å². The first-order valence-corrected chi connectivity index (χ1v) is 9.26. The Morgan fingerprint density at radius 2 is 1.82 bits per heavy atom. The van der Waals surface area contributed by atoms with Gasteiger partial charge in [0.2, 0.25) is 0 Å². The molecule has 0 amide bonds. The van der Waals surface area contributed by atoms with Crippen molar-refractivity contribution in [1.29, 1.82) is 0 Å². The number of hydrogen-bond acceptors (Lipinski definition) is 6. The first-order valence-electron chi connectivity index (χ1n) is 9.26. The summed E-state index contributed by atoms with van der Waals surface area (Å²) in [4.78, 5) is 36.3. The van der Waals surface area contributed by atoms with E-state index >= 15 is 0 Å². The second kappa shape index (κ2) is 8.43. The topological polar surface area (TPSA) is 89.9 Å². The smallest absolute Gasteiger partial charge is 0.330 e. The number of ketones is 1. The van der Waals surface area contributed by atoms with Crippen LogP contribution in [0.5, 0.6) is 0 Å². The summed E-state index contributed by atoms with van der Waals surface area (Å²) in [7, 11) is 1.29. The standard InChI is InChI=1S/C22H32O6/c1-14(11-18(24)27-8)9-10-22(26)15(2)16(17(23)13-21(22,6)7)12-19(25)28-20(3,4)5/h9-11,26H,12-13H2,1-8H3/b10-9+,14-11-/t22-/m1/s1. The predicted molar refractivity (Wildman–Crippen MR) is 106 cm³/mol. The summed E-state index contributed by atoms with van der Waals surface area (Å²) < 4.78 is 9.92. The van der Waals surface area contributed by atoms with E-state index in [1.807, 2.05) is 0 Å². The molecule has 1 aliphatic carbocycles. The zero-order valence-corrected chi connectivity index (χ0v) is 18.1. The lowest BCUT2D eigenvalue weighted by molar-refractivity contribution is -0.154. The zero-order chi connectivity index (χ0) is 21.9. The Morgan fingerprint density at radius 1 is 1.25 bits per heavy atom. The summed E-state index contributed by atoms with van der Waals surface area (Å²) in [6.07, 6.45) is 4.39. The molecule has 0 aromatic carbocycles. The van der Waals surface area contributed by atoms with E-state index < -0.39 is 28.6 Å². The molecule has 0 unspecified atom stereocenters. The number of allylic oxidation sites excluding steroid dienone is 2. The van der Waals surface area contributed by atoms with Crippen molar-refractivity contribution in [2.24, 2.45) is 5.41 Å². The molecule has 0 aromatic rings. The van der Waals surface area contributed by atoms with Gasteiger partial charge in [0.15, 0.2) is 5.78 Å². The summed E-state index contributed by atoms with van der Waals surface area (Å²) in [5, 5.41) is 11.4. The van der Waals surface area contributed by atoms with Gasteiger partial charge >= 0.3 is 11.9 Å². The fourth-order valence-corrected chi connectivity index (χ4v) is 3.24. The normalized spacial score (nSPS) is 23.2. The minimum atomic E-state index is -1.45. The summed E-state index contributed by atoms with van der Waals surface area (Å²) in [6.45, 7) is 12.2. The monoisotopic (exact) mass is 392 g/mol. The molecule has 0 radical (unpaired) electrons. The number of Topliss-reactive ketones (excluding diaryl/α,β-unsaturated/α-hetero) is 1. The molecule has 1 rings (SSSR count). The highest BCUT2D eigenvalue weighted by molar-refractivity contribution is 6.02. The van der Waals surface area contributed by atoms with E-state index in [2.05, 4.69) is 4.74 Å². The average Bonchev–Trinajstić information content (AvgIpc) is 2.53. The van der Waals surface area contributed by atoms with Crippen LogP contribution >= 0.6 is 0 Å². The van der Waals surface area contributed by atoms with Crippen molar-refractivity contribution >= 4 is 17.7 Å². The first kappa shape index (κ1) is 23.8. The summed E-state index contributed by atoms with van der Waals surface area (Å²) >= 11 is 0. The number of ether oxygens (including phenoxy) is 2. The third-order valence-corrected chi connectivity index (χ3v) is 4.87. The molecule has 0 heterocycles. The maximum atomic E-state index is 12.7. The van der Waals surface area contributed by atoms with Crippen LogP contribution in [0.25, 0.3) is 0 Å². The summed E-state index contributed by atoms with van der Waals surface area (Å²) in [5.41, 5.74) is -1.61. The van der Waals surface area contributed by atoms with E-state index in [1.165, 1.54) is 13.2 Å². The van der Waals surface area contributed by atoms with Crippen molar-refractivity contribution in [1.82, 2.24) is 0 Å². The molecule has 6 nitrogen and oxygen atoms in total. The van der Waals surface area contributed by atoms with Crippen LogP contribution in [0.1, 0.15) is 61.3 Å². The number of methoxy groups -OCH3 is 1. The SMILES string of the molecule is COC(=O)/C=C(C)\C=C\[C@@]1(O)C(C)=C(CC(=O)OC(C)(C)C)C(=O)CC1(C)C. The Bertz CT molecular complexity index is 745. The molecule has 0 fully saturated rings. The van der Waals surface area contributed by atoms with Crippen molar-refractivity contribution in [3.05, 3.63) is 34.9 Å². The highest BCUT2D eigenvalue weighted by atomic mass is 16.6. The molecule has 1 N–H and O–H groups in total. The third kappa shape index (κ3) is 5.64. The molecule has 0 aliphatic heterocycles. The molecule has 156 valence electrons. The largest absolute Gasteiger partial charge is 0.466 e. The second-order valence-electron chi connectivity index (χ2n) is 8.86. The molecule has 6 heteroatoms. The molecule has 1 atom stereocenters. The zero-order valence-electron chi connectivity index (χ0n) is 18.1. The van der Waals surface area contributed by atoms with Crippen LogP contribution in [0.4, 0.5) is 0 Å². The van der Waals surface area contributed by atoms with Crippen molar-refractivity contribution < 1.29 is 29.0 Å². The lowest BCUT2D eigenvalue weighted by Crippen LogP contribution is -2.49. The number of carbonyl (C=O) groups is 3. The van der Waals surface area contributed by atoms with Gasteiger partial charge in [-0.2, -0.15) is 0 Å². The predicted octanol–water partition coefficient (Wildman–Crippen LogP) is 3.44. The van der Waals surface area contributed by atoms with Crippen LogP contribution < -0.4 is 0 Å². The van der Waals surface area contributed by atoms with Crippen LogP contribution in [0.15, 0.2) is 34.9 Å². The minimum Gasteiger partial charge on any atom is -0.466 e. The Labute approximate surface area is 167 Å². The Kier molecular flexibility index (Phi) is 7.18. The second-order valence-corrected chi connectivity index (χ2v) is 8.86. The van der Waals surface area contributed by atoms with Gasteiger partial charge in [0.1, 0.15) is 11.2 Å². The van der Waals surface area contributed by atoms with E-state index in [-0.39, 0.29) is 24.2 Å². The molecular weight excluding hydrogens is 360 g/mol. The molecule has 1 aliphatic rings. The van der Waals surface area contributed by atoms with E-state index in [0.29, 0.717) is 11.1 Å². The maximum absolute atomic E-state index is 12.7. The molecule has 0 saturated carbocycles. The van der Waals surface area contributed by atoms with Gasteiger partial charge in [0, 0.05) is 23.5 Å². The van der Waals surface area contributed by atoms with Crippen LogP contribution in [0.3, 0.4) is 0 Å². The lowest BCUT2D eigenvalue weighted by atomic mass is 9.62. The van der Waals surface area contributed by atoms with Crippen molar-refractivity contribution in [2.45, 2.75) is 72.5 Å². The van der Waals surface area contributed by atoms with Gasteiger partial charge in [-0.05, 0) is 51.8 Å². The number of aliphatic hydroxyl groups is 1. The van der Waals surface area contributed by atoms with E-state index in [0.717, 1.165) is 0 Å². The van der Waals surface area contributed by atoms with Crippen LogP contribution in [0.2, 0.25) is 0 Å². The lowest BCUT2D eigenvalue weighted by Gasteiger charge is -2.45. The minimum absolute atomic E-state index is 0.0864. The van der Waals surface area contributed by atoms with E-state index in [9.17, 15) is 19.5 Å². The Morgan fingerprint density at radius 3 is 2.32 bits per heavy atom. The van der Waals surface area contributed by atoms with Crippen LogP contribution in [-0.4, -0.2) is 41.1 Å². The van der Waals surface area contributed by atoms with Gasteiger partial charge in [0.05, 0.1) is 13.5 Å². The van der Waals surface area contributed by atoms with Gasteiger partial charge in [-0.15, -0.1) is 0 Å². The first-order chi connectivity index (χ1) is 12.6. The highest BCUT2D eigenvalue weighted by Gasteiger charge is 2.49. The van der Waals surface area contributed by atoms with Crippen molar-refractivity contribution in [3.8, 4) is 0 Å². The molecule has 28 heavy (non-hydrogen) atoms. The summed E-state index contributed by atoms with van der Waals surface area (Å²) in [5.74, 6) is -1.18. The fraction of sp³-hybridized carbons (Fsp3) is 0.591. The van der Waals surface area contributed by atoms with Gasteiger partial charge in [-0.25, -0.2) is 4.79 Å². The molecule has 0 aromatic heterocycles. The quantitative estimate of drug-likeness (QED) is 0.438. The fourth-order valence-electron chi connectivity index (χ4n) is 3.24. The number of rotatable bonds is 5. The number of hydrogen-bond donors (Lipinski definition) is 1. The summed E-state index contributed by atoms with van der Waals surface area (Å²) in [6, 6.07) is 0. The average molecular weight is 392 g/mol. The molecular formula is C22H32O6.